The molecule has 0 aliphatic heterocycles. The minimum atomic E-state index is 0.659. The van der Waals surface area contributed by atoms with Crippen LogP contribution in [0.1, 0.15) is 25.3 Å². The molecule has 1 aromatic carbocycles. The van der Waals surface area contributed by atoms with Gasteiger partial charge in [-0.3, -0.25) is 0 Å². The van der Waals surface area contributed by atoms with E-state index in [0.717, 1.165) is -0.0619 Å². The Morgan fingerprint density at radius 1 is 0.923 bits per heavy atom. The Morgan fingerprint density at radius 3 is 1.54 bits per heavy atom. The molecule has 0 nitrogen and oxygen atoms in total. The number of hydrogen-bond donors (Lipinski definition) is 0. The highest BCUT2D eigenvalue weighted by Crippen LogP contribution is 2.16. The summed E-state index contributed by atoms with van der Waals surface area (Å²) in [5, 5.41) is 0. The fraction of sp³-hybridized carbons (Fsp3) is 0.400. The maximum Gasteiger partial charge on any atom is 0.114 e. The van der Waals surface area contributed by atoms with Crippen molar-refractivity contribution in [3.8, 4) is 0 Å². The van der Waals surface area contributed by atoms with Crippen molar-refractivity contribution < 1.29 is 0 Å². The van der Waals surface area contributed by atoms with Crippen molar-refractivity contribution in [1.29, 1.82) is 0 Å². The second-order valence-corrected chi connectivity index (χ2v) is 13.7. The molecule has 0 saturated carbocycles. The SMILES string of the molecule is CC(C)c1ccccc1.IC(I)I. The summed E-state index contributed by atoms with van der Waals surface area (Å²) < 4.78 is 0.743. The molecule has 0 spiro atoms. The average Bonchev–Trinajstić information content (AvgIpc) is 2.05. The Labute approximate surface area is 122 Å². The van der Waals surface area contributed by atoms with E-state index in [-0.39, 0.29) is 0 Å². The first-order valence-corrected chi connectivity index (χ1v) is 7.75. The van der Waals surface area contributed by atoms with Crippen LogP contribution in [0.25, 0.3) is 0 Å². The average molecular weight is 514 g/mol. The molecule has 0 unspecified atom stereocenters. The molecular formula is C10H13I3. The number of halogens is 3. The van der Waals surface area contributed by atoms with Crippen LogP contribution >= 0.6 is 67.8 Å². The van der Waals surface area contributed by atoms with Crippen LogP contribution in [0, 0.1) is 0 Å². The van der Waals surface area contributed by atoms with E-state index >= 15 is 0 Å². The van der Waals surface area contributed by atoms with Crippen molar-refractivity contribution >= 4 is 67.8 Å². The predicted molar refractivity (Wildman–Crippen MR) is 86.4 cm³/mol. The smallest absolute Gasteiger partial charge is 0.0622 e. The molecule has 0 heterocycles. The van der Waals surface area contributed by atoms with Gasteiger partial charge in [-0.15, -0.1) is 0 Å². The van der Waals surface area contributed by atoms with Crippen LogP contribution < -0.4 is 0 Å². The first-order chi connectivity index (χ1) is 6.04. The highest BCUT2D eigenvalue weighted by molar-refractivity contribution is 14.3. The molecule has 0 fully saturated rings. The van der Waals surface area contributed by atoms with Crippen molar-refractivity contribution in [3.63, 3.8) is 0 Å². The van der Waals surface area contributed by atoms with Crippen LogP contribution in [0.4, 0.5) is 0 Å². The fourth-order valence-corrected chi connectivity index (χ4v) is 0.838. The third kappa shape index (κ3) is 9.71. The van der Waals surface area contributed by atoms with E-state index in [9.17, 15) is 0 Å². The lowest BCUT2D eigenvalue weighted by Crippen LogP contribution is -1.83. The normalized spacial score (nSPS) is 9.77. The van der Waals surface area contributed by atoms with Gasteiger partial charge in [0.1, 0.15) is -0.0619 Å². The molecule has 0 radical (unpaired) electrons. The van der Waals surface area contributed by atoms with Crippen molar-refractivity contribution in [2.45, 2.75) is 19.7 Å². The second-order valence-electron chi connectivity index (χ2n) is 2.81. The summed E-state index contributed by atoms with van der Waals surface area (Å²) in [5.41, 5.74) is 1.41. The Balaban J connectivity index is 0.000000310. The summed E-state index contributed by atoms with van der Waals surface area (Å²) in [6.45, 7) is 4.41. The lowest BCUT2D eigenvalue weighted by molar-refractivity contribution is 0.867. The third-order valence-electron chi connectivity index (χ3n) is 1.47. The van der Waals surface area contributed by atoms with Gasteiger partial charge in [0.15, 0.2) is 0 Å². The molecule has 0 saturated heterocycles. The van der Waals surface area contributed by atoms with Gasteiger partial charge >= 0.3 is 0 Å². The van der Waals surface area contributed by atoms with E-state index in [1.807, 2.05) is 6.07 Å². The number of rotatable bonds is 1. The van der Waals surface area contributed by atoms with Crippen molar-refractivity contribution in [2.24, 2.45) is 0 Å². The van der Waals surface area contributed by atoms with E-state index in [2.05, 4.69) is 106 Å². The van der Waals surface area contributed by atoms with Gasteiger partial charge in [0, 0.05) is 0 Å². The monoisotopic (exact) mass is 514 g/mol. The minimum Gasteiger partial charge on any atom is -0.0622 e. The molecule has 3 heteroatoms. The standard InChI is InChI=1S/C9H12.CHI3/c1-8(2)9-6-4-3-5-7-9;2-1(3)4/h3-8H,1-2H3;1H. The summed E-state index contributed by atoms with van der Waals surface area (Å²) >= 11 is 6.95. The van der Waals surface area contributed by atoms with Crippen molar-refractivity contribution in [3.05, 3.63) is 35.9 Å². The summed E-state index contributed by atoms with van der Waals surface area (Å²) in [5.74, 6) is 0.659. The van der Waals surface area contributed by atoms with E-state index < -0.39 is 0 Å². The lowest BCUT2D eigenvalue weighted by Gasteiger charge is -2.01. The summed E-state index contributed by atoms with van der Waals surface area (Å²) in [7, 11) is 0. The number of hydrogen-bond acceptors (Lipinski definition) is 0. The van der Waals surface area contributed by atoms with E-state index in [1.165, 1.54) is 5.56 Å². The molecule has 0 amide bonds. The molecule has 74 valence electrons. The van der Waals surface area contributed by atoms with E-state index in [0.29, 0.717) is 5.92 Å². The maximum absolute atomic E-state index is 2.32. The highest BCUT2D eigenvalue weighted by Gasteiger charge is 1.93. The Morgan fingerprint density at radius 2 is 1.31 bits per heavy atom. The van der Waals surface area contributed by atoms with E-state index in [4.69, 9.17) is 0 Å². The van der Waals surface area contributed by atoms with Crippen LogP contribution in [-0.4, -0.2) is -0.0619 Å². The van der Waals surface area contributed by atoms with Gasteiger partial charge in [-0.25, -0.2) is 0 Å². The van der Waals surface area contributed by atoms with Gasteiger partial charge in [0.25, 0.3) is 0 Å². The summed E-state index contributed by atoms with van der Waals surface area (Å²) in [6.07, 6.45) is 0. The van der Waals surface area contributed by atoms with Crippen LogP contribution in [0.3, 0.4) is 0 Å². The van der Waals surface area contributed by atoms with Crippen LogP contribution in [0.15, 0.2) is 30.3 Å². The molecule has 13 heavy (non-hydrogen) atoms. The zero-order chi connectivity index (χ0) is 10.3. The van der Waals surface area contributed by atoms with Crippen LogP contribution in [0.5, 0.6) is 0 Å². The summed E-state index contributed by atoms with van der Waals surface area (Å²) in [6, 6.07) is 10.5. The Hall–Kier alpha value is 1.41. The maximum atomic E-state index is 2.32. The predicted octanol–water partition coefficient (Wildman–Crippen LogP) is 5.39. The molecule has 0 N–H and O–H groups in total. The largest absolute Gasteiger partial charge is 0.114 e. The van der Waals surface area contributed by atoms with E-state index in [1.54, 1.807) is 0 Å². The number of alkyl halides is 3. The molecule has 0 aliphatic rings. The Kier molecular flexibility index (Phi) is 9.64. The third-order valence-corrected chi connectivity index (χ3v) is 1.47. The quantitative estimate of drug-likeness (QED) is 0.349. The number of benzene rings is 1. The molecule has 0 aromatic heterocycles. The van der Waals surface area contributed by atoms with Gasteiger partial charge in [-0.2, -0.15) is 0 Å². The molecule has 0 atom stereocenters. The Bertz CT molecular complexity index is 204. The van der Waals surface area contributed by atoms with Gasteiger partial charge in [0.2, 0.25) is 0 Å². The van der Waals surface area contributed by atoms with Crippen LogP contribution in [0.2, 0.25) is 0 Å². The molecule has 0 aliphatic carbocycles. The molecule has 0 bridgehead atoms. The van der Waals surface area contributed by atoms with Gasteiger partial charge in [-0.1, -0.05) is 112 Å². The lowest BCUT2D eigenvalue weighted by atomic mass is 10.0. The molecular weight excluding hydrogens is 501 g/mol. The topological polar surface area (TPSA) is 0 Å². The highest BCUT2D eigenvalue weighted by atomic mass is 127. The first kappa shape index (κ1) is 14.4. The van der Waals surface area contributed by atoms with Crippen molar-refractivity contribution in [1.82, 2.24) is 0 Å². The van der Waals surface area contributed by atoms with Crippen molar-refractivity contribution in [2.75, 3.05) is 0 Å². The summed E-state index contributed by atoms with van der Waals surface area (Å²) in [4.78, 5) is 0. The fourth-order valence-electron chi connectivity index (χ4n) is 0.838. The van der Waals surface area contributed by atoms with Gasteiger partial charge in [-0.05, 0) is 11.5 Å². The zero-order valence-corrected chi connectivity index (χ0v) is 14.1. The zero-order valence-electron chi connectivity index (χ0n) is 7.68. The van der Waals surface area contributed by atoms with Crippen LogP contribution in [-0.2, 0) is 0 Å². The molecule has 1 rings (SSSR count). The van der Waals surface area contributed by atoms with Gasteiger partial charge < -0.3 is 0 Å². The second kappa shape index (κ2) is 8.70. The first-order valence-electron chi connectivity index (χ1n) is 4.01. The molecule has 1 aromatic rings. The van der Waals surface area contributed by atoms with Gasteiger partial charge in [0.05, 0.1) is 0 Å². The minimum absolute atomic E-state index is 0.659.